The molecule has 3 fully saturated rings. The monoisotopic (exact) mass is 464 g/mol. The number of carbonyl (C=O) groups excluding carboxylic acids is 1. The Hall–Kier alpha value is -2.46. The first kappa shape index (κ1) is 27.8. The maximum absolute atomic E-state index is 12.6. The van der Waals surface area contributed by atoms with E-state index in [4.69, 9.17) is 10.5 Å². The molecule has 34 heavy (non-hydrogen) atoms. The Labute approximate surface area is 207 Å². The molecule has 3 rings (SSSR count). The zero-order chi connectivity index (χ0) is 25.1. The molecule has 1 aliphatic heterocycles. The van der Waals surface area contributed by atoms with Crippen LogP contribution in [0.15, 0.2) is 78.0 Å². The number of aliphatic imine (C=N–C) groups is 1. The standard InChI is InChI=1S/C28H38N2O2.C2H6/c1-5-8-12-21(7-3)17-18-30-23(11-6-2)15-16-25-24-14-10-9-13-22(24)19-26-27(31)32-20(4)28(25,26)29;1-2/h5-8,11-12,15-16,18,20,22,24-26H,2-3,9-10,13-14,17,19,29H2,1,4H3;1-2H3/b8-5-,16-15+,21-12+,23-11-,30-18?;. The fraction of sp³-hybridized carbons (Fsp3) is 0.533. The molecule has 0 aromatic rings. The summed E-state index contributed by atoms with van der Waals surface area (Å²) >= 11 is 0. The molecule has 186 valence electrons. The average molecular weight is 465 g/mol. The number of ether oxygens (including phenoxy) is 1. The second-order valence-corrected chi connectivity index (χ2v) is 9.28. The van der Waals surface area contributed by atoms with Gasteiger partial charge in [0.2, 0.25) is 0 Å². The van der Waals surface area contributed by atoms with E-state index in [0.717, 1.165) is 24.1 Å². The molecule has 6 atom stereocenters. The molecule has 0 spiro atoms. The van der Waals surface area contributed by atoms with Crippen molar-refractivity contribution in [1.29, 1.82) is 0 Å². The molecule has 0 amide bonds. The van der Waals surface area contributed by atoms with Crippen LogP contribution in [0, 0.1) is 23.7 Å². The van der Waals surface area contributed by atoms with Crippen LogP contribution in [0.5, 0.6) is 0 Å². The van der Waals surface area contributed by atoms with E-state index in [2.05, 4.69) is 24.2 Å². The maximum atomic E-state index is 12.6. The lowest BCUT2D eigenvalue weighted by molar-refractivity contribution is -0.144. The van der Waals surface area contributed by atoms with Crippen molar-refractivity contribution in [3.8, 4) is 0 Å². The fourth-order valence-electron chi connectivity index (χ4n) is 5.79. The number of fused-ring (bicyclic) bond motifs is 2. The summed E-state index contributed by atoms with van der Waals surface area (Å²) in [5, 5.41) is 0. The Morgan fingerprint density at radius 3 is 2.65 bits per heavy atom. The van der Waals surface area contributed by atoms with Crippen LogP contribution in [0.2, 0.25) is 0 Å². The highest BCUT2D eigenvalue weighted by Gasteiger charge is 2.62. The van der Waals surface area contributed by atoms with E-state index in [1.807, 2.05) is 70.4 Å². The van der Waals surface area contributed by atoms with E-state index in [-0.39, 0.29) is 23.9 Å². The molecule has 0 aromatic carbocycles. The molecule has 0 aromatic heterocycles. The van der Waals surface area contributed by atoms with E-state index in [1.165, 1.54) is 19.3 Å². The lowest BCUT2D eigenvalue weighted by Gasteiger charge is -2.51. The van der Waals surface area contributed by atoms with Gasteiger partial charge >= 0.3 is 5.97 Å². The van der Waals surface area contributed by atoms with Crippen LogP contribution in [0.3, 0.4) is 0 Å². The van der Waals surface area contributed by atoms with Gasteiger partial charge in [-0.1, -0.05) is 82.7 Å². The minimum Gasteiger partial charge on any atom is -0.460 e. The van der Waals surface area contributed by atoms with Crippen LogP contribution in [-0.2, 0) is 9.53 Å². The molecule has 4 nitrogen and oxygen atoms in total. The molecule has 4 heteroatoms. The van der Waals surface area contributed by atoms with Crippen molar-refractivity contribution in [3.05, 3.63) is 73.0 Å². The minimum atomic E-state index is -0.652. The topological polar surface area (TPSA) is 64.7 Å². The molecule has 1 heterocycles. The smallest absolute Gasteiger partial charge is 0.311 e. The van der Waals surface area contributed by atoms with Gasteiger partial charge in [0, 0.05) is 18.6 Å². The van der Waals surface area contributed by atoms with Gasteiger partial charge in [0.15, 0.2) is 0 Å². The lowest BCUT2D eigenvalue weighted by atomic mass is 9.54. The van der Waals surface area contributed by atoms with E-state index in [9.17, 15) is 4.79 Å². The average Bonchev–Trinajstić information content (AvgIpc) is 3.07. The molecule has 6 unspecified atom stereocenters. The number of allylic oxidation sites excluding steroid dienone is 8. The number of nitrogens with two attached hydrogens (primary N) is 1. The molecular formula is C30H44N2O2. The normalized spacial score (nSPS) is 33.9. The zero-order valence-corrected chi connectivity index (χ0v) is 21.6. The van der Waals surface area contributed by atoms with Crippen molar-refractivity contribution in [3.63, 3.8) is 0 Å². The van der Waals surface area contributed by atoms with Gasteiger partial charge in [0.1, 0.15) is 6.10 Å². The quantitative estimate of drug-likeness (QED) is 0.242. The summed E-state index contributed by atoms with van der Waals surface area (Å²) < 4.78 is 5.66. The summed E-state index contributed by atoms with van der Waals surface area (Å²) in [6.45, 7) is 15.7. The van der Waals surface area contributed by atoms with Crippen molar-refractivity contribution in [1.82, 2.24) is 0 Å². The maximum Gasteiger partial charge on any atom is 0.311 e. The van der Waals surface area contributed by atoms with Crippen molar-refractivity contribution >= 4 is 12.2 Å². The van der Waals surface area contributed by atoms with Gasteiger partial charge in [-0.15, -0.1) is 0 Å². The molecule has 0 radical (unpaired) electrons. The van der Waals surface area contributed by atoms with Gasteiger partial charge in [-0.25, -0.2) is 0 Å². The number of carbonyl (C=O) groups is 1. The predicted molar refractivity (Wildman–Crippen MR) is 144 cm³/mol. The first-order chi connectivity index (χ1) is 16.4. The second kappa shape index (κ2) is 13.4. The van der Waals surface area contributed by atoms with E-state index < -0.39 is 5.54 Å². The Kier molecular flexibility index (Phi) is 11.0. The summed E-state index contributed by atoms with van der Waals surface area (Å²) in [5.41, 5.74) is 8.29. The summed E-state index contributed by atoms with van der Waals surface area (Å²) in [4.78, 5) is 17.3. The van der Waals surface area contributed by atoms with Gasteiger partial charge in [0.25, 0.3) is 0 Å². The first-order valence-electron chi connectivity index (χ1n) is 12.9. The number of rotatable bonds is 8. The van der Waals surface area contributed by atoms with Crippen LogP contribution in [0.25, 0.3) is 0 Å². The van der Waals surface area contributed by atoms with Crippen molar-refractivity contribution in [2.45, 2.75) is 77.9 Å². The molecule has 2 aliphatic carbocycles. The second-order valence-electron chi connectivity index (χ2n) is 9.28. The van der Waals surface area contributed by atoms with Crippen LogP contribution in [0.1, 0.15) is 66.2 Å². The third-order valence-electron chi connectivity index (χ3n) is 7.53. The van der Waals surface area contributed by atoms with Gasteiger partial charge in [-0.2, -0.15) is 0 Å². The van der Waals surface area contributed by atoms with E-state index in [0.29, 0.717) is 18.3 Å². The summed E-state index contributed by atoms with van der Waals surface area (Å²) in [6.07, 6.45) is 23.8. The van der Waals surface area contributed by atoms with Crippen LogP contribution >= 0.6 is 0 Å². The van der Waals surface area contributed by atoms with Crippen molar-refractivity contribution < 1.29 is 9.53 Å². The fourth-order valence-corrected chi connectivity index (χ4v) is 5.79. The molecule has 2 N–H and O–H groups in total. The third kappa shape index (κ3) is 6.15. The summed E-state index contributed by atoms with van der Waals surface area (Å²) in [5.74, 6) is 0.791. The first-order valence-corrected chi connectivity index (χ1v) is 12.9. The SMILES string of the molecule is C=C/C=C(/C=C/C1C2CCCCC2CC2C(=O)OC(C)C21N)N=CC/C(C=C)=C/C=C\C.CC. The number of hydrogen-bond donors (Lipinski definition) is 1. The number of esters is 1. The molecule has 0 bridgehead atoms. The highest BCUT2D eigenvalue weighted by Crippen LogP contribution is 2.54. The number of cyclic esters (lactones) is 1. The van der Waals surface area contributed by atoms with Gasteiger partial charge in [-0.05, 0) is 56.3 Å². The van der Waals surface area contributed by atoms with Crippen molar-refractivity contribution in [2.24, 2.45) is 34.4 Å². The molecule has 3 aliphatic rings. The van der Waals surface area contributed by atoms with Gasteiger partial charge in [-0.3, -0.25) is 9.79 Å². The lowest BCUT2D eigenvalue weighted by Crippen LogP contribution is -2.63. The Balaban J connectivity index is 0.00000199. The molecule has 1 saturated heterocycles. The Morgan fingerprint density at radius 2 is 1.97 bits per heavy atom. The van der Waals surface area contributed by atoms with Crippen molar-refractivity contribution in [2.75, 3.05) is 0 Å². The number of hydrogen-bond acceptors (Lipinski definition) is 4. The van der Waals surface area contributed by atoms with Crippen LogP contribution in [-0.4, -0.2) is 23.8 Å². The van der Waals surface area contributed by atoms with E-state index >= 15 is 0 Å². The van der Waals surface area contributed by atoms with Crippen LogP contribution < -0.4 is 5.73 Å². The highest BCUT2D eigenvalue weighted by molar-refractivity contribution is 5.78. The predicted octanol–water partition coefficient (Wildman–Crippen LogP) is 6.87. The summed E-state index contributed by atoms with van der Waals surface area (Å²) in [6, 6.07) is 0. The largest absolute Gasteiger partial charge is 0.460 e. The Morgan fingerprint density at radius 1 is 1.24 bits per heavy atom. The third-order valence-corrected chi connectivity index (χ3v) is 7.53. The van der Waals surface area contributed by atoms with Crippen LogP contribution in [0.4, 0.5) is 0 Å². The van der Waals surface area contributed by atoms with Gasteiger partial charge < -0.3 is 10.5 Å². The van der Waals surface area contributed by atoms with E-state index in [1.54, 1.807) is 6.08 Å². The number of nitrogens with zero attached hydrogens (tertiary/aromatic N) is 1. The minimum absolute atomic E-state index is 0.0924. The molecule has 2 saturated carbocycles. The highest BCUT2D eigenvalue weighted by atomic mass is 16.6. The van der Waals surface area contributed by atoms with Gasteiger partial charge in [0.05, 0.1) is 17.2 Å². The Bertz CT molecular complexity index is 863. The zero-order valence-electron chi connectivity index (χ0n) is 21.6. The summed E-state index contributed by atoms with van der Waals surface area (Å²) in [7, 11) is 0. The molecular weight excluding hydrogens is 420 g/mol.